The average molecular weight is 675 g/mol. The molecule has 0 aliphatic carbocycles. The first kappa shape index (κ1) is 27.3. The minimum Gasteiger partial charge on any atom is -0.325 e. The minimum atomic E-state index is -0.778. The molecule has 6 rings (SSSR count). The SMILES string of the molecule is O=C(Cn1c2c(sc1=O)[C@@H](c1cccc(Br)c1)[C@@H]1C(=O)N(c3ccc(Cl)cc3)C(=O)[C@@H]1S2)Nc1ccc(Cl)cc1. The lowest BCUT2D eigenvalue weighted by Crippen LogP contribution is -2.33. The van der Waals surface area contributed by atoms with E-state index in [1.54, 1.807) is 48.5 Å². The van der Waals surface area contributed by atoms with Crippen LogP contribution in [0.1, 0.15) is 16.4 Å². The van der Waals surface area contributed by atoms with Gasteiger partial charge in [-0.15, -0.1) is 0 Å². The van der Waals surface area contributed by atoms with Crippen molar-refractivity contribution >= 4 is 91.3 Å². The van der Waals surface area contributed by atoms with Gasteiger partial charge >= 0.3 is 4.87 Å². The van der Waals surface area contributed by atoms with E-state index in [2.05, 4.69) is 21.2 Å². The summed E-state index contributed by atoms with van der Waals surface area (Å²) in [5.74, 6) is -2.39. The van der Waals surface area contributed by atoms with Crippen LogP contribution in [0, 0.1) is 5.92 Å². The number of anilines is 2. The summed E-state index contributed by atoms with van der Waals surface area (Å²) in [6.07, 6.45) is 0. The third kappa shape index (κ3) is 4.92. The van der Waals surface area contributed by atoms with E-state index < -0.39 is 23.0 Å². The highest BCUT2D eigenvalue weighted by atomic mass is 79.9. The van der Waals surface area contributed by atoms with Crippen LogP contribution < -0.4 is 15.1 Å². The van der Waals surface area contributed by atoms with Gasteiger partial charge in [0.05, 0.1) is 16.6 Å². The molecular weight excluding hydrogens is 657 g/mol. The molecule has 202 valence electrons. The summed E-state index contributed by atoms with van der Waals surface area (Å²) in [6, 6.07) is 20.7. The highest BCUT2D eigenvalue weighted by Crippen LogP contribution is 2.54. The Kier molecular flexibility index (Phi) is 7.39. The number of amides is 3. The molecule has 0 spiro atoms. The first-order valence-electron chi connectivity index (χ1n) is 12.1. The van der Waals surface area contributed by atoms with Crippen LogP contribution >= 0.6 is 62.2 Å². The smallest absolute Gasteiger partial charge is 0.308 e. The molecule has 0 bridgehead atoms. The van der Waals surface area contributed by atoms with E-state index in [4.69, 9.17) is 23.2 Å². The lowest BCUT2D eigenvalue weighted by molar-refractivity contribution is -0.122. The van der Waals surface area contributed by atoms with E-state index in [0.29, 0.717) is 31.3 Å². The maximum absolute atomic E-state index is 13.9. The van der Waals surface area contributed by atoms with Crippen LogP contribution in [-0.4, -0.2) is 27.5 Å². The third-order valence-electron chi connectivity index (χ3n) is 6.77. The molecule has 2 aliphatic rings. The van der Waals surface area contributed by atoms with Crippen molar-refractivity contribution in [3.63, 3.8) is 0 Å². The van der Waals surface area contributed by atoms with Gasteiger partial charge in [-0.2, -0.15) is 0 Å². The zero-order chi connectivity index (χ0) is 28.1. The number of aromatic nitrogens is 1. The largest absolute Gasteiger partial charge is 0.325 e. The molecule has 1 saturated heterocycles. The Morgan fingerprint density at radius 3 is 2.27 bits per heavy atom. The van der Waals surface area contributed by atoms with Crippen LogP contribution in [0.3, 0.4) is 0 Å². The molecule has 3 aromatic carbocycles. The number of thioether (sulfide) groups is 1. The molecule has 0 unspecified atom stereocenters. The van der Waals surface area contributed by atoms with Crippen LogP contribution in [0.15, 0.2) is 87.1 Å². The molecule has 1 fully saturated rings. The number of hydrogen-bond acceptors (Lipinski definition) is 6. The molecule has 3 heterocycles. The fraction of sp³-hybridized carbons (Fsp3) is 0.143. The van der Waals surface area contributed by atoms with Crippen LogP contribution in [0.5, 0.6) is 0 Å². The van der Waals surface area contributed by atoms with E-state index in [-0.39, 0.29) is 23.2 Å². The predicted molar refractivity (Wildman–Crippen MR) is 162 cm³/mol. The van der Waals surface area contributed by atoms with Crippen molar-refractivity contribution in [3.8, 4) is 0 Å². The first-order valence-corrected chi connectivity index (χ1v) is 15.3. The normalized spacial score (nSPS) is 19.9. The van der Waals surface area contributed by atoms with Gasteiger partial charge in [0.1, 0.15) is 11.8 Å². The maximum Gasteiger partial charge on any atom is 0.308 e. The van der Waals surface area contributed by atoms with Gasteiger partial charge in [0, 0.05) is 31.0 Å². The molecule has 0 saturated carbocycles. The fourth-order valence-electron chi connectivity index (χ4n) is 5.04. The number of nitrogens with one attached hydrogen (secondary N) is 1. The summed E-state index contributed by atoms with van der Waals surface area (Å²) < 4.78 is 2.20. The van der Waals surface area contributed by atoms with Crippen molar-refractivity contribution in [3.05, 3.63) is 107 Å². The molecule has 1 aromatic heterocycles. The van der Waals surface area contributed by atoms with Gasteiger partial charge in [0.15, 0.2) is 0 Å². The summed E-state index contributed by atoms with van der Waals surface area (Å²) in [7, 11) is 0. The Balaban J connectivity index is 1.41. The van der Waals surface area contributed by atoms with Crippen molar-refractivity contribution in [2.45, 2.75) is 22.7 Å². The van der Waals surface area contributed by atoms with Gasteiger partial charge in [-0.25, -0.2) is 4.90 Å². The molecular formula is C28H18BrCl2N3O4S2. The van der Waals surface area contributed by atoms with Gasteiger partial charge in [-0.1, -0.05) is 74.4 Å². The number of carbonyl (C=O) groups excluding carboxylic acids is 3. The van der Waals surface area contributed by atoms with E-state index in [0.717, 1.165) is 21.4 Å². The van der Waals surface area contributed by atoms with Crippen molar-refractivity contribution in [1.29, 1.82) is 0 Å². The highest BCUT2D eigenvalue weighted by Gasteiger charge is 2.56. The first-order chi connectivity index (χ1) is 19.2. The Hall–Kier alpha value is -2.89. The second-order valence-corrected chi connectivity index (χ2v) is 13.2. The molecule has 4 aromatic rings. The van der Waals surface area contributed by atoms with Crippen LogP contribution in [0.4, 0.5) is 11.4 Å². The summed E-state index contributed by atoms with van der Waals surface area (Å²) in [5, 5.41) is 3.55. The van der Waals surface area contributed by atoms with Crippen molar-refractivity contribution in [2.24, 2.45) is 5.92 Å². The second-order valence-electron chi connectivity index (χ2n) is 9.26. The number of benzene rings is 3. The molecule has 1 N–H and O–H groups in total. The molecule has 40 heavy (non-hydrogen) atoms. The number of halogens is 3. The number of thiazole rings is 1. The Bertz CT molecular complexity index is 1720. The van der Waals surface area contributed by atoms with Gasteiger partial charge in [-0.05, 0) is 66.2 Å². The molecule has 3 amide bonds. The summed E-state index contributed by atoms with van der Waals surface area (Å²) in [4.78, 5) is 55.4. The number of rotatable bonds is 5. The summed E-state index contributed by atoms with van der Waals surface area (Å²) in [6.45, 7) is -0.244. The Morgan fingerprint density at radius 2 is 1.60 bits per heavy atom. The molecule has 0 radical (unpaired) electrons. The molecule has 2 aliphatic heterocycles. The van der Waals surface area contributed by atoms with Crippen molar-refractivity contribution in [1.82, 2.24) is 4.57 Å². The topological polar surface area (TPSA) is 88.5 Å². The third-order valence-corrected chi connectivity index (χ3v) is 10.4. The van der Waals surface area contributed by atoms with Crippen molar-refractivity contribution < 1.29 is 14.4 Å². The minimum absolute atomic E-state index is 0.244. The van der Waals surface area contributed by atoms with Crippen LogP contribution in [0.2, 0.25) is 10.0 Å². The highest BCUT2D eigenvalue weighted by molar-refractivity contribution is 9.10. The monoisotopic (exact) mass is 673 g/mol. The maximum atomic E-state index is 13.9. The van der Waals surface area contributed by atoms with E-state index in [9.17, 15) is 19.2 Å². The van der Waals surface area contributed by atoms with E-state index >= 15 is 0 Å². The van der Waals surface area contributed by atoms with Crippen LogP contribution in [0.25, 0.3) is 0 Å². The van der Waals surface area contributed by atoms with Gasteiger partial charge in [0.25, 0.3) is 0 Å². The van der Waals surface area contributed by atoms with Gasteiger partial charge in [0.2, 0.25) is 17.7 Å². The Labute approximate surface area is 255 Å². The summed E-state index contributed by atoms with van der Waals surface area (Å²) in [5.41, 5.74) is 1.77. The molecule has 3 atom stereocenters. The van der Waals surface area contributed by atoms with Gasteiger partial charge < -0.3 is 5.32 Å². The summed E-state index contributed by atoms with van der Waals surface area (Å²) >= 11 is 17.7. The standard InChI is InChI=1S/C28H18BrCl2N3O4S2/c29-15-3-1-2-14(12-15)21-22-23(26(37)34(25(22)36)19-10-6-17(31)7-11-19)39-27-24(21)40-28(38)33(27)13-20(35)32-18-8-4-16(30)5-9-18/h1-12,21-23H,13H2,(H,32,35)/t21-,22-,23+/m0/s1. The van der Waals surface area contributed by atoms with E-state index in [1.165, 1.54) is 21.2 Å². The lowest BCUT2D eigenvalue weighted by Gasteiger charge is -2.30. The van der Waals surface area contributed by atoms with E-state index in [1.807, 2.05) is 24.3 Å². The number of nitrogens with zero attached hydrogens (tertiary/aromatic N) is 2. The second kappa shape index (κ2) is 10.8. The quantitative estimate of drug-likeness (QED) is 0.247. The number of fused-ring (bicyclic) bond motifs is 2. The average Bonchev–Trinajstić information content (AvgIpc) is 3.36. The van der Waals surface area contributed by atoms with Crippen LogP contribution in [-0.2, 0) is 20.9 Å². The van der Waals surface area contributed by atoms with Gasteiger partial charge in [-0.3, -0.25) is 23.7 Å². The molecule has 7 nitrogen and oxygen atoms in total. The Morgan fingerprint density at radius 1 is 0.925 bits per heavy atom. The number of carbonyl (C=O) groups is 3. The zero-order valence-corrected chi connectivity index (χ0v) is 25.1. The zero-order valence-electron chi connectivity index (χ0n) is 20.3. The number of imide groups is 1. The fourth-order valence-corrected chi connectivity index (χ4v) is 8.48. The lowest BCUT2D eigenvalue weighted by atomic mass is 9.83. The predicted octanol–water partition coefficient (Wildman–Crippen LogP) is 6.41. The molecule has 12 heteroatoms. The number of hydrogen-bond donors (Lipinski definition) is 1. The van der Waals surface area contributed by atoms with Crippen molar-refractivity contribution in [2.75, 3.05) is 10.2 Å².